The molecule has 0 spiro atoms. The lowest BCUT2D eigenvalue weighted by molar-refractivity contribution is -0.142. The number of aromatic nitrogens is 3. The second kappa shape index (κ2) is 6.02. The largest absolute Gasteiger partial charge is 0.408 e. The van der Waals surface area contributed by atoms with Crippen LogP contribution in [-0.4, -0.2) is 26.8 Å². The molecular weight excluding hydrogens is 309 g/mol. The summed E-state index contributed by atoms with van der Waals surface area (Å²) in [5.41, 5.74) is 1.55. The average Bonchev–Trinajstić information content (AvgIpc) is 2.89. The van der Waals surface area contributed by atoms with Crippen molar-refractivity contribution in [3.63, 3.8) is 0 Å². The third kappa shape index (κ3) is 3.69. The third-order valence-electron chi connectivity index (χ3n) is 3.68. The van der Waals surface area contributed by atoms with E-state index < -0.39 is 12.7 Å². The Morgan fingerprint density at radius 3 is 2.91 bits per heavy atom. The van der Waals surface area contributed by atoms with E-state index >= 15 is 0 Å². The van der Waals surface area contributed by atoms with Crippen molar-refractivity contribution in [3.8, 4) is 0 Å². The number of carbonyl (C=O) groups excluding carboxylic acids is 1. The number of halogens is 3. The van der Waals surface area contributed by atoms with Gasteiger partial charge in [-0.1, -0.05) is 6.07 Å². The fraction of sp³-hybridized carbons (Fsp3) is 0.400. The maximum absolute atomic E-state index is 12.5. The highest BCUT2D eigenvalue weighted by atomic mass is 19.4. The molecule has 0 bridgehead atoms. The molecule has 8 heteroatoms. The van der Waals surface area contributed by atoms with Crippen LogP contribution in [0.25, 0.3) is 0 Å². The first-order valence-corrected chi connectivity index (χ1v) is 7.27. The molecule has 0 unspecified atom stereocenters. The van der Waals surface area contributed by atoms with Crippen LogP contribution in [0.5, 0.6) is 0 Å². The van der Waals surface area contributed by atoms with Gasteiger partial charge in [-0.2, -0.15) is 18.3 Å². The highest BCUT2D eigenvalue weighted by Gasteiger charge is 2.31. The number of pyridine rings is 1. The van der Waals surface area contributed by atoms with Crippen LogP contribution in [0.4, 0.5) is 13.2 Å². The number of hydrogen-bond donors (Lipinski definition) is 1. The number of fused-ring (bicyclic) bond motifs is 1. The van der Waals surface area contributed by atoms with E-state index in [0.29, 0.717) is 18.5 Å². The predicted octanol–water partition coefficient (Wildman–Crippen LogP) is 2.65. The number of nitrogens with one attached hydrogen (secondary N) is 1. The molecule has 1 N–H and O–H groups in total. The van der Waals surface area contributed by atoms with Gasteiger partial charge in [-0.25, -0.2) is 0 Å². The molecule has 0 aliphatic heterocycles. The molecule has 1 atom stereocenters. The zero-order valence-corrected chi connectivity index (χ0v) is 12.2. The quantitative estimate of drug-likeness (QED) is 0.944. The van der Waals surface area contributed by atoms with Crippen molar-refractivity contribution in [2.75, 3.05) is 0 Å². The Morgan fingerprint density at radius 2 is 2.22 bits per heavy atom. The maximum atomic E-state index is 12.5. The molecular formula is C15H15F3N4O. The Morgan fingerprint density at radius 1 is 1.39 bits per heavy atom. The lowest BCUT2D eigenvalue weighted by atomic mass is 9.93. The Balaban J connectivity index is 1.77. The van der Waals surface area contributed by atoms with Crippen LogP contribution in [0.1, 0.15) is 40.6 Å². The number of hydrogen-bond acceptors (Lipinski definition) is 3. The first-order chi connectivity index (χ1) is 10.9. The molecule has 1 aliphatic rings. The minimum absolute atomic E-state index is 0.273. The number of rotatable bonds is 3. The molecule has 1 amide bonds. The summed E-state index contributed by atoms with van der Waals surface area (Å²) in [6.07, 6.45) is 0.720. The predicted molar refractivity (Wildman–Crippen MR) is 75.7 cm³/mol. The number of carbonyl (C=O) groups is 1. The fourth-order valence-electron chi connectivity index (χ4n) is 2.73. The second-order valence-corrected chi connectivity index (χ2v) is 5.49. The van der Waals surface area contributed by atoms with Gasteiger partial charge in [0.15, 0.2) is 0 Å². The van der Waals surface area contributed by atoms with Gasteiger partial charge in [-0.05, 0) is 37.0 Å². The highest BCUT2D eigenvalue weighted by molar-refractivity contribution is 5.92. The van der Waals surface area contributed by atoms with Crippen LogP contribution in [0.3, 0.4) is 0 Å². The lowest BCUT2D eigenvalue weighted by Gasteiger charge is -2.22. The van der Waals surface area contributed by atoms with Crippen molar-refractivity contribution in [2.45, 2.75) is 38.0 Å². The normalized spacial score (nSPS) is 17.6. The molecule has 0 aromatic carbocycles. The molecule has 3 rings (SSSR count). The van der Waals surface area contributed by atoms with Crippen LogP contribution < -0.4 is 5.32 Å². The van der Waals surface area contributed by atoms with Crippen molar-refractivity contribution in [2.24, 2.45) is 0 Å². The Bertz CT molecular complexity index is 696. The summed E-state index contributed by atoms with van der Waals surface area (Å²) in [6, 6.07) is 4.60. The monoisotopic (exact) mass is 324 g/mol. The summed E-state index contributed by atoms with van der Waals surface area (Å²) in [4.78, 5) is 16.1. The average molecular weight is 324 g/mol. The zero-order valence-electron chi connectivity index (χ0n) is 12.2. The standard InChI is InChI=1S/C15H15F3N4O/c16-15(17,18)9-22-8-10-4-3-6-11(13(10)21-22)20-14(23)12-5-1-2-7-19-12/h1-2,5,7-8,11H,3-4,6,9H2,(H,20,23)/t11-/m0/s1. The highest BCUT2D eigenvalue weighted by Crippen LogP contribution is 2.29. The van der Waals surface area contributed by atoms with Crippen LogP contribution >= 0.6 is 0 Å². The SMILES string of the molecule is O=C(N[C@H]1CCCc2cn(CC(F)(F)F)nc21)c1ccccn1. The van der Waals surface area contributed by atoms with E-state index in [1.165, 1.54) is 12.4 Å². The third-order valence-corrected chi connectivity index (χ3v) is 3.68. The van der Waals surface area contributed by atoms with Crippen molar-refractivity contribution in [3.05, 3.63) is 47.5 Å². The zero-order chi connectivity index (χ0) is 16.4. The molecule has 2 aromatic rings. The smallest absolute Gasteiger partial charge is 0.342 e. The summed E-state index contributed by atoms with van der Waals surface area (Å²) in [5, 5.41) is 6.83. The maximum Gasteiger partial charge on any atom is 0.408 e. The van der Waals surface area contributed by atoms with E-state index in [2.05, 4.69) is 15.4 Å². The summed E-state index contributed by atoms with van der Waals surface area (Å²) in [6.45, 7) is -1.12. The summed E-state index contributed by atoms with van der Waals surface area (Å²) < 4.78 is 38.4. The van der Waals surface area contributed by atoms with Crippen LogP contribution in [0, 0.1) is 0 Å². The molecule has 2 aromatic heterocycles. The van der Waals surface area contributed by atoms with Crippen LogP contribution in [-0.2, 0) is 13.0 Å². The Kier molecular flexibility index (Phi) is 4.06. The van der Waals surface area contributed by atoms with Crippen molar-refractivity contribution in [1.29, 1.82) is 0 Å². The molecule has 0 saturated heterocycles. The van der Waals surface area contributed by atoms with Gasteiger partial charge in [-0.15, -0.1) is 0 Å². The minimum atomic E-state index is -4.32. The van der Waals surface area contributed by atoms with Gasteiger partial charge in [0.25, 0.3) is 5.91 Å². The topological polar surface area (TPSA) is 59.8 Å². The van der Waals surface area contributed by atoms with Crippen LogP contribution in [0.15, 0.2) is 30.6 Å². The van der Waals surface area contributed by atoms with Gasteiger partial charge in [0.2, 0.25) is 0 Å². The van der Waals surface area contributed by atoms with Gasteiger partial charge in [0, 0.05) is 12.4 Å². The van der Waals surface area contributed by atoms with Gasteiger partial charge >= 0.3 is 6.18 Å². The number of aryl methyl sites for hydroxylation is 1. The molecule has 0 radical (unpaired) electrons. The molecule has 5 nitrogen and oxygen atoms in total. The summed E-state index contributed by atoms with van der Waals surface area (Å²) in [5.74, 6) is -0.353. The minimum Gasteiger partial charge on any atom is -0.342 e. The molecule has 0 saturated carbocycles. The van der Waals surface area contributed by atoms with Gasteiger partial charge in [-0.3, -0.25) is 14.5 Å². The molecule has 2 heterocycles. The van der Waals surface area contributed by atoms with Crippen molar-refractivity contribution >= 4 is 5.91 Å². The van der Waals surface area contributed by atoms with E-state index in [-0.39, 0.29) is 17.6 Å². The summed E-state index contributed by atoms with van der Waals surface area (Å²) in [7, 11) is 0. The number of nitrogens with zero attached hydrogens (tertiary/aromatic N) is 3. The van der Waals surface area contributed by atoms with Crippen LogP contribution in [0.2, 0.25) is 0 Å². The Hall–Kier alpha value is -2.38. The first-order valence-electron chi connectivity index (χ1n) is 7.27. The van der Waals surface area contributed by atoms with Gasteiger partial charge < -0.3 is 5.32 Å². The van der Waals surface area contributed by atoms with E-state index in [1.807, 2.05) is 0 Å². The van der Waals surface area contributed by atoms with E-state index in [9.17, 15) is 18.0 Å². The van der Waals surface area contributed by atoms with E-state index in [0.717, 1.165) is 16.7 Å². The van der Waals surface area contributed by atoms with E-state index in [1.54, 1.807) is 18.2 Å². The number of alkyl halides is 3. The number of amides is 1. The summed E-state index contributed by atoms with van der Waals surface area (Å²) >= 11 is 0. The van der Waals surface area contributed by atoms with Crippen molar-refractivity contribution in [1.82, 2.24) is 20.1 Å². The first kappa shape index (κ1) is 15.5. The van der Waals surface area contributed by atoms with Crippen molar-refractivity contribution < 1.29 is 18.0 Å². The van der Waals surface area contributed by atoms with E-state index in [4.69, 9.17) is 0 Å². The van der Waals surface area contributed by atoms with Gasteiger partial charge in [0.05, 0.1) is 11.7 Å². The molecule has 122 valence electrons. The molecule has 23 heavy (non-hydrogen) atoms. The fourth-order valence-corrected chi connectivity index (χ4v) is 2.73. The molecule has 0 fully saturated rings. The van der Waals surface area contributed by atoms with Gasteiger partial charge in [0.1, 0.15) is 12.2 Å². The molecule has 1 aliphatic carbocycles. The Labute approximate surface area is 130 Å². The lowest BCUT2D eigenvalue weighted by Crippen LogP contribution is -2.31. The second-order valence-electron chi connectivity index (χ2n) is 5.49.